The zero-order valence-electron chi connectivity index (χ0n) is 13.4. The first-order valence-electron chi connectivity index (χ1n) is 7.45. The van der Waals surface area contributed by atoms with Crippen LogP contribution in [0.3, 0.4) is 0 Å². The van der Waals surface area contributed by atoms with Crippen molar-refractivity contribution in [2.24, 2.45) is 7.05 Å². The monoisotopic (exact) mass is 346 g/mol. The summed E-state index contributed by atoms with van der Waals surface area (Å²) < 4.78 is 31.3. The predicted molar refractivity (Wildman–Crippen MR) is 89.0 cm³/mol. The Morgan fingerprint density at radius 3 is 2.71 bits per heavy atom. The lowest BCUT2D eigenvalue weighted by Gasteiger charge is -2.12. The van der Waals surface area contributed by atoms with E-state index in [1.54, 1.807) is 48.4 Å². The Morgan fingerprint density at radius 2 is 2.04 bits per heavy atom. The molecule has 126 valence electrons. The third-order valence-electron chi connectivity index (χ3n) is 3.59. The predicted octanol–water partition coefficient (Wildman–Crippen LogP) is 1.42. The largest absolute Gasteiger partial charge is 0.264 e. The number of nitrogens with one attached hydrogen (secondary N) is 1. The molecule has 0 amide bonds. The molecule has 0 aliphatic carbocycles. The van der Waals surface area contributed by atoms with Crippen molar-refractivity contribution < 1.29 is 8.42 Å². The minimum Gasteiger partial charge on any atom is -0.264 e. The van der Waals surface area contributed by atoms with Crippen molar-refractivity contribution in [3.8, 4) is 0 Å². The molecule has 0 aliphatic heterocycles. The summed E-state index contributed by atoms with van der Waals surface area (Å²) in [6, 6.07) is 8.56. The molecule has 0 radical (unpaired) electrons. The molecule has 0 fully saturated rings. The molecule has 0 atom stereocenters. The van der Waals surface area contributed by atoms with Crippen LogP contribution in [-0.2, 0) is 30.0 Å². The molecule has 3 rings (SSSR count). The second-order valence-corrected chi connectivity index (χ2v) is 6.96. The minimum absolute atomic E-state index is 0.208. The van der Waals surface area contributed by atoms with Gasteiger partial charge in [0.05, 0.1) is 17.1 Å². The number of hydrogen-bond donors (Lipinski definition) is 1. The minimum atomic E-state index is -3.74. The van der Waals surface area contributed by atoms with Crippen LogP contribution in [0, 0.1) is 0 Å². The molecule has 0 bridgehead atoms. The zero-order chi connectivity index (χ0) is 17.2. The lowest BCUT2D eigenvalue weighted by molar-refractivity contribution is 0.596. The van der Waals surface area contributed by atoms with Crippen LogP contribution in [-0.4, -0.2) is 33.0 Å². The van der Waals surface area contributed by atoms with Gasteiger partial charge in [-0.25, -0.2) is 18.1 Å². The summed E-state index contributed by atoms with van der Waals surface area (Å²) in [5.41, 5.74) is 1.46. The van der Waals surface area contributed by atoms with E-state index in [9.17, 15) is 8.42 Å². The van der Waals surface area contributed by atoms with Crippen LogP contribution < -0.4 is 4.72 Å². The summed E-state index contributed by atoms with van der Waals surface area (Å²) >= 11 is 0. The number of aromatic nitrogens is 5. The van der Waals surface area contributed by atoms with Crippen molar-refractivity contribution in [3.63, 3.8) is 0 Å². The van der Waals surface area contributed by atoms with Crippen LogP contribution in [0.1, 0.15) is 18.2 Å². The molecule has 2 aromatic heterocycles. The number of nitrogens with zero attached hydrogens (tertiary/aromatic N) is 5. The van der Waals surface area contributed by atoms with Gasteiger partial charge in [-0.05, 0) is 18.1 Å². The van der Waals surface area contributed by atoms with Gasteiger partial charge in [0.15, 0.2) is 0 Å². The van der Waals surface area contributed by atoms with Gasteiger partial charge in [-0.3, -0.25) is 9.40 Å². The highest BCUT2D eigenvalue weighted by atomic mass is 32.2. The van der Waals surface area contributed by atoms with E-state index in [0.29, 0.717) is 17.9 Å². The summed E-state index contributed by atoms with van der Waals surface area (Å²) in [5.74, 6) is 0.433. The fourth-order valence-corrected chi connectivity index (χ4v) is 3.68. The van der Waals surface area contributed by atoms with Gasteiger partial charge in [0.25, 0.3) is 10.0 Å². The molecule has 0 aliphatic rings. The molecular weight excluding hydrogens is 328 g/mol. The highest BCUT2D eigenvalue weighted by Crippen LogP contribution is 2.21. The Bertz CT molecular complexity index is 931. The first-order chi connectivity index (χ1) is 11.5. The zero-order valence-corrected chi connectivity index (χ0v) is 14.2. The maximum atomic E-state index is 12.8. The SMILES string of the molecule is CCc1cc(NS(=O)(=O)c2ccccc2Cn2cncn2)n(C)n1. The smallest absolute Gasteiger partial charge is 0.263 e. The average Bonchev–Trinajstić information content (AvgIpc) is 3.18. The molecule has 0 saturated carbocycles. The summed E-state index contributed by atoms with van der Waals surface area (Å²) in [6.07, 6.45) is 3.70. The Balaban J connectivity index is 1.93. The molecule has 24 heavy (non-hydrogen) atoms. The van der Waals surface area contributed by atoms with Gasteiger partial charge in [-0.15, -0.1) is 0 Å². The van der Waals surface area contributed by atoms with Gasteiger partial charge in [0, 0.05) is 13.1 Å². The summed E-state index contributed by atoms with van der Waals surface area (Å²) in [7, 11) is -2.03. The molecule has 2 heterocycles. The number of aryl methyl sites for hydroxylation is 2. The van der Waals surface area contributed by atoms with Gasteiger partial charge in [0.2, 0.25) is 0 Å². The van der Waals surface area contributed by atoms with Crippen LogP contribution in [0.15, 0.2) is 47.9 Å². The van der Waals surface area contributed by atoms with Gasteiger partial charge in [-0.1, -0.05) is 25.1 Å². The van der Waals surface area contributed by atoms with Crippen molar-refractivity contribution in [1.82, 2.24) is 24.5 Å². The number of benzene rings is 1. The summed E-state index contributed by atoms with van der Waals surface area (Å²) in [6.45, 7) is 2.29. The average molecular weight is 346 g/mol. The Kier molecular flexibility index (Phi) is 4.34. The lowest BCUT2D eigenvalue weighted by Crippen LogP contribution is -2.18. The lowest BCUT2D eigenvalue weighted by atomic mass is 10.2. The third kappa shape index (κ3) is 3.30. The van der Waals surface area contributed by atoms with Crippen molar-refractivity contribution >= 4 is 15.8 Å². The van der Waals surface area contributed by atoms with Crippen LogP contribution >= 0.6 is 0 Å². The van der Waals surface area contributed by atoms with E-state index in [-0.39, 0.29) is 4.90 Å². The van der Waals surface area contributed by atoms with E-state index < -0.39 is 10.0 Å². The fourth-order valence-electron chi connectivity index (χ4n) is 2.37. The third-order valence-corrected chi connectivity index (χ3v) is 5.05. The second kappa shape index (κ2) is 6.44. The summed E-state index contributed by atoms with van der Waals surface area (Å²) in [4.78, 5) is 4.08. The Morgan fingerprint density at radius 1 is 1.25 bits per heavy atom. The first-order valence-corrected chi connectivity index (χ1v) is 8.94. The number of sulfonamides is 1. The molecular formula is C15H18N6O2S. The van der Waals surface area contributed by atoms with Crippen molar-refractivity contribution in [2.75, 3.05) is 4.72 Å². The normalized spacial score (nSPS) is 11.6. The van der Waals surface area contributed by atoms with Gasteiger partial charge >= 0.3 is 0 Å². The number of rotatable bonds is 6. The van der Waals surface area contributed by atoms with Gasteiger partial charge in [-0.2, -0.15) is 10.2 Å². The molecule has 8 nitrogen and oxygen atoms in total. The Hall–Kier alpha value is -2.68. The van der Waals surface area contributed by atoms with E-state index in [2.05, 4.69) is 19.9 Å². The molecule has 0 unspecified atom stereocenters. The maximum Gasteiger partial charge on any atom is 0.263 e. The van der Waals surface area contributed by atoms with E-state index in [1.165, 1.54) is 11.0 Å². The first kappa shape index (κ1) is 16.2. The van der Waals surface area contributed by atoms with Crippen molar-refractivity contribution in [2.45, 2.75) is 24.8 Å². The maximum absolute atomic E-state index is 12.8. The molecule has 9 heteroatoms. The topological polar surface area (TPSA) is 94.7 Å². The second-order valence-electron chi connectivity index (χ2n) is 5.30. The molecule has 1 N–H and O–H groups in total. The van der Waals surface area contributed by atoms with E-state index in [1.807, 2.05) is 6.92 Å². The van der Waals surface area contributed by atoms with E-state index >= 15 is 0 Å². The van der Waals surface area contributed by atoms with Crippen LogP contribution in [0.2, 0.25) is 0 Å². The molecule has 0 saturated heterocycles. The Labute approximate surface area is 140 Å². The van der Waals surface area contributed by atoms with Crippen molar-refractivity contribution in [1.29, 1.82) is 0 Å². The standard InChI is InChI=1S/C15H18N6O2S/c1-3-13-8-15(20(2)18-13)19-24(22,23)14-7-5-4-6-12(14)9-21-11-16-10-17-21/h4-8,10-11,19H,3,9H2,1-2H3. The number of anilines is 1. The number of hydrogen-bond acceptors (Lipinski definition) is 5. The highest BCUT2D eigenvalue weighted by molar-refractivity contribution is 7.92. The molecule has 0 spiro atoms. The van der Waals surface area contributed by atoms with Crippen molar-refractivity contribution in [3.05, 3.63) is 54.2 Å². The van der Waals surface area contributed by atoms with Gasteiger partial charge < -0.3 is 0 Å². The quantitative estimate of drug-likeness (QED) is 0.728. The summed E-state index contributed by atoms with van der Waals surface area (Å²) in [5, 5.41) is 8.28. The molecule has 1 aromatic carbocycles. The highest BCUT2D eigenvalue weighted by Gasteiger charge is 2.20. The van der Waals surface area contributed by atoms with Crippen LogP contribution in [0.4, 0.5) is 5.82 Å². The van der Waals surface area contributed by atoms with Gasteiger partial charge in [0.1, 0.15) is 18.5 Å². The van der Waals surface area contributed by atoms with E-state index in [0.717, 1.165) is 12.1 Å². The van der Waals surface area contributed by atoms with Crippen LogP contribution in [0.25, 0.3) is 0 Å². The fraction of sp³-hybridized carbons (Fsp3) is 0.267. The van der Waals surface area contributed by atoms with Crippen LogP contribution in [0.5, 0.6) is 0 Å². The molecule has 3 aromatic rings. The van der Waals surface area contributed by atoms with E-state index in [4.69, 9.17) is 0 Å².